The molecule has 10 heteroatoms. The molecule has 0 amide bonds. The third-order valence-corrected chi connectivity index (χ3v) is 2.69. The van der Waals surface area contributed by atoms with Crippen molar-refractivity contribution in [2.24, 2.45) is 5.84 Å². The van der Waals surface area contributed by atoms with Crippen molar-refractivity contribution in [3.8, 4) is 11.4 Å². The summed E-state index contributed by atoms with van der Waals surface area (Å²) in [5.74, 6) is 5.20. The van der Waals surface area contributed by atoms with E-state index in [4.69, 9.17) is 5.84 Å². The fourth-order valence-electron chi connectivity index (χ4n) is 1.78. The minimum Gasteiger partial charge on any atom is -0.308 e. The zero-order chi connectivity index (χ0) is 15.0. The maximum atomic E-state index is 12.8. The van der Waals surface area contributed by atoms with Gasteiger partial charge >= 0.3 is 6.18 Å². The molecule has 0 atom stereocenters. The van der Waals surface area contributed by atoms with Crippen LogP contribution in [0.5, 0.6) is 0 Å². The zero-order valence-electron chi connectivity index (χ0n) is 10.3. The Balaban J connectivity index is 2.21. The van der Waals surface area contributed by atoms with Crippen LogP contribution in [0.2, 0.25) is 0 Å². The first kappa shape index (κ1) is 13.2. The fourth-order valence-corrected chi connectivity index (χ4v) is 1.78. The van der Waals surface area contributed by atoms with E-state index in [9.17, 15) is 13.2 Å². The van der Waals surface area contributed by atoms with Crippen molar-refractivity contribution in [2.75, 3.05) is 5.43 Å². The van der Waals surface area contributed by atoms with Gasteiger partial charge in [-0.05, 0) is 0 Å². The second kappa shape index (κ2) is 4.66. The Kier molecular flexibility index (Phi) is 2.94. The summed E-state index contributed by atoms with van der Waals surface area (Å²) in [5, 5.41) is 4.12. The number of rotatable bonds is 2. The van der Waals surface area contributed by atoms with Crippen molar-refractivity contribution in [2.45, 2.75) is 6.18 Å². The van der Waals surface area contributed by atoms with Crippen molar-refractivity contribution in [1.82, 2.24) is 24.6 Å². The molecule has 3 N–H and O–H groups in total. The van der Waals surface area contributed by atoms with E-state index in [0.717, 1.165) is 6.07 Å². The van der Waals surface area contributed by atoms with Gasteiger partial charge in [0, 0.05) is 24.5 Å². The van der Waals surface area contributed by atoms with Gasteiger partial charge < -0.3 is 5.43 Å². The highest BCUT2D eigenvalue weighted by Gasteiger charge is 2.33. The van der Waals surface area contributed by atoms with E-state index in [-0.39, 0.29) is 11.5 Å². The first-order valence-corrected chi connectivity index (χ1v) is 5.70. The van der Waals surface area contributed by atoms with E-state index in [1.54, 1.807) is 0 Å². The summed E-state index contributed by atoms with van der Waals surface area (Å²) in [6, 6.07) is 2.15. The molecule has 3 heterocycles. The number of nitrogens with zero attached hydrogens (tertiary/aromatic N) is 5. The summed E-state index contributed by atoms with van der Waals surface area (Å²) >= 11 is 0. The molecular weight excluding hydrogens is 287 g/mol. The van der Waals surface area contributed by atoms with E-state index in [2.05, 4.69) is 25.5 Å². The van der Waals surface area contributed by atoms with Crippen LogP contribution >= 0.6 is 0 Å². The number of hydrazine groups is 1. The van der Waals surface area contributed by atoms with Crippen LogP contribution in [-0.4, -0.2) is 24.6 Å². The number of nitrogens with two attached hydrogens (primary N) is 1. The topological polar surface area (TPSA) is 94.0 Å². The van der Waals surface area contributed by atoms with Gasteiger partial charge in [0.2, 0.25) is 0 Å². The predicted octanol–water partition coefficient (Wildman–Crippen LogP) is 1.49. The minimum absolute atomic E-state index is 0.00146. The fraction of sp³-hybridized carbons (Fsp3) is 0.0909. The molecule has 3 rings (SSSR count). The highest BCUT2D eigenvalue weighted by Crippen LogP contribution is 2.30. The molecule has 0 aromatic carbocycles. The molecule has 0 bridgehead atoms. The van der Waals surface area contributed by atoms with E-state index in [1.165, 1.54) is 29.2 Å². The Morgan fingerprint density at radius 1 is 1.14 bits per heavy atom. The molecule has 0 fully saturated rings. The van der Waals surface area contributed by atoms with Crippen molar-refractivity contribution in [3.63, 3.8) is 0 Å². The van der Waals surface area contributed by atoms with Gasteiger partial charge in [0.15, 0.2) is 11.3 Å². The van der Waals surface area contributed by atoms with E-state index < -0.39 is 11.9 Å². The first-order valence-electron chi connectivity index (χ1n) is 5.70. The van der Waals surface area contributed by atoms with Crippen LogP contribution in [0.25, 0.3) is 17.0 Å². The Labute approximate surface area is 115 Å². The van der Waals surface area contributed by atoms with Gasteiger partial charge in [-0.15, -0.1) is 0 Å². The van der Waals surface area contributed by atoms with Crippen LogP contribution in [0.3, 0.4) is 0 Å². The standard InChI is InChI=1S/C11H8F3N7/c12-11(13,14)8-4-10(19-15)21-9(18-8)3-6(20-21)7-5-16-1-2-17-7/h1-5,19H,15H2. The molecule has 0 spiro atoms. The van der Waals surface area contributed by atoms with E-state index in [0.29, 0.717) is 11.4 Å². The SMILES string of the molecule is NNc1cc(C(F)(F)F)nc2cc(-c3cnccn3)nn12. The molecular formula is C11H8F3N7. The average molecular weight is 295 g/mol. The molecule has 0 aliphatic carbocycles. The highest BCUT2D eigenvalue weighted by atomic mass is 19.4. The van der Waals surface area contributed by atoms with Crippen LogP contribution < -0.4 is 11.3 Å². The Hall–Kier alpha value is -2.75. The van der Waals surface area contributed by atoms with Gasteiger partial charge in [-0.3, -0.25) is 9.97 Å². The number of nitrogen functional groups attached to an aromatic ring is 1. The summed E-state index contributed by atoms with van der Waals surface area (Å²) in [6.45, 7) is 0. The summed E-state index contributed by atoms with van der Waals surface area (Å²) in [6.07, 6.45) is -0.200. The highest BCUT2D eigenvalue weighted by molar-refractivity contribution is 5.62. The number of hydrogen-bond donors (Lipinski definition) is 2. The summed E-state index contributed by atoms with van der Waals surface area (Å²) in [5.41, 5.74) is 1.86. The van der Waals surface area contributed by atoms with Gasteiger partial charge in [0.05, 0.1) is 6.20 Å². The minimum atomic E-state index is -4.58. The van der Waals surface area contributed by atoms with Crippen LogP contribution in [0.4, 0.5) is 19.0 Å². The number of fused-ring (bicyclic) bond motifs is 1. The van der Waals surface area contributed by atoms with Crippen LogP contribution in [0, 0.1) is 0 Å². The Morgan fingerprint density at radius 3 is 2.57 bits per heavy atom. The van der Waals surface area contributed by atoms with Crippen LogP contribution in [0.1, 0.15) is 5.69 Å². The van der Waals surface area contributed by atoms with Crippen LogP contribution in [0.15, 0.2) is 30.7 Å². The molecule has 3 aromatic heterocycles. The van der Waals surface area contributed by atoms with Crippen molar-refractivity contribution in [3.05, 3.63) is 36.4 Å². The van der Waals surface area contributed by atoms with Gasteiger partial charge in [-0.25, -0.2) is 10.8 Å². The summed E-state index contributed by atoms with van der Waals surface area (Å²) in [4.78, 5) is 11.4. The molecule has 0 aliphatic rings. The number of nitrogens with one attached hydrogen (secondary N) is 1. The molecule has 0 radical (unpaired) electrons. The molecule has 108 valence electrons. The normalized spacial score (nSPS) is 11.8. The maximum absolute atomic E-state index is 12.8. The van der Waals surface area contributed by atoms with Gasteiger partial charge in [-0.2, -0.15) is 22.8 Å². The lowest BCUT2D eigenvalue weighted by molar-refractivity contribution is -0.141. The molecule has 0 saturated heterocycles. The summed E-state index contributed by atoms with van der Waals surface area (Å²) in [7, 11) is 0. The number of aromatic nitrogens is 5. The number of alkyl halides is 3. The molecule has 0 aliphatic heterocycles. The zero-order valence-corrected chi connectivity index (χ0v) is 10.3. The van der Waals surface area contributed by atoms with Crippen molar-refractivity contribution < 1.29 is 13.2 Å². The van der Waals surface area contributed by atoms with Gasteiger partial charge in [-0.1, -0.05) is 0 Å². The Bertz CT molecular complexity index is 782. The van der Waals surface area contributed by atoms with Crippen LogP contribution in [-0.2, 0) is 6.18 Å². The molecule has 0 unspecified atom stereocenters. The van der Waals surface area contributed by atoms with E-state index >= 15 is 0 Å². The quantitative estimate of drug-likeness (QED) is 0.549. The molecule has 0 saturated carbocycles. The third kappa shape index (κ3) is 2.36. The predicted molar refractivity (Wildman–Crippen MR) is 66.8 cm³/mol. The van der Waals surface area contributed by atoms with Crippen molar-refractivity contribution in [1.29, 1.82) is 0 Å². The molecule has 21 heavy (non-hydrogen) atoms. The monoisotopic (exact) mass is 295 g/mol. The second-order valence-corrected chi connectivity index (χ2v) is 4.06. The lowest BCUT2D eigenvalue weighted by Crippen LogP contribution is -2.16. The number of halogens is 3. The lowest BCUT2D eigenvalue weighted by Gasteiger charge is -2.09. The molecule has 7 nitrogen and oxygen atoms in total. The molecule has 3 aromatic rings. The first-order chi connectivity index (χ1) is 9.99. The maximum Gasteiger partial charge on any atom is 0.433 e. The number of anilines is 1. The van der Waals surface area contributed by atoms with Gasteiger partial charge in [0.1, 0.15) is 17.2 Å². The third-order valence-electron chi connectivity index (χ3n) is 2.69. The van der Waals surface area contributed by atoms with Crippen molar-refractivity contribution >= 4 is 11.5 Å². The lowest BCUT2D eigenvalue weighted by atomic mass is 10.3. The van der Waals surface area contributed by atoms with Gasteiger partial charge in [0.25, 0.3) is 0 Å². The Morgan fingerprint density at radius 2 is 1.95 bits per heavy atom. The largest absolute Gasteiger partial charge is 0.433 e. The second-order valence-electron chi connectivity index (χ2n) is 4.06. The smallest absolute Gasteiger partial charge is 0.308 e. The van der Waals surface area contributed by atoms with E-state index in [1.807, 2.05) is 0 Å². The average Bonchev–Trinajstić information content (AvgIpc) is 2.90. The summed E-state index contributed by atoms with van der Waals surface area (Å²) < 4.78 is 39.5. The number of hydrogen-bond acceptors (Lipinski definition) is 6.